The molecule has 1 saturated heterocycles. The molecule has 2 aromatic carbocycles. The highest BCUT2D eigenvalue weighted by atomic mass is 35.5. The molecule has 2 aromatic rings. The van der Waals surface area contributed by atoms with Crippen LogP contribution in [0.2, 0.25) is 5.02 Å². The lowest BCUT2D eigenvalue weighted by atomic mass is 9.99. The summed E-state index contributed by atoms with van der Waals surface area (Å²) in [6.45, 7) is 2.82. The average Bonchev–Trinajstić information content (AvgIpc) is 3.10. The Bertz CT molecular complexity index is 710. The fourth-order valence-corrected chi connectivity index (χ4v) is 3.66. The van der Waals surface area contributed by atoms with Gasteiger partial charge in [-0.1, -0.05) is 23.7 Å². The minimum atomic E-state index is 0.508. The Hall–Kier alpha value is -1.91. The second-order valence-corrected chi connectivity index (χ2v) is 6.72. The van der Waals surface area contributed by atoms with Crippen molar-refractivity contribution in [2.45, 2.75) is 18.9 Å². The molecule has 0 bridgehead atoms. The highest BCUT2D eigenvalue weighted by Gasteiger charge is 2.26. The molecule has 0 radical (unpaired) electrons. The van der Waals surface area contributed by atoms with Crippen molar-refractivity contribution < 1.29 is 14.2 Å². The van der Waals surface area contributed by atoms with E-state index in [-0.39, 0.29) is 0 Å². The molecule has 0 N–H and O–H groups in total. The lowest BCUT2D eigenvalue weighted by molar-refractivity contribution is 0.304. The van der Waals surface area contributed by atoms with Gasteiger partial charge in [0.15, 0.2) is 0 Å². The predicted octanol–water partition coefficient (Wildman–Crippen LogP) is 4.36. The molecule has 5 heteroatoms. The van der Waals surface area contributed by atoms with Crippen molar-refractivity contribution in [1.29, 1.82) is 0 Å². The number of methoxy groups -OCH3 is 3. The standard InChI is InChI=1S/C20H24ClNO3/c1-23-17-10-19(24-2)18(20(11-17)25-3)13-22-8-7-15(12-22)14-5-4-6-16(21)9-14/h4-6,9-11,15H,7-8,12-13H2,1-3H3. The fraction of sp³-hybridized carbons (Fsp3) is 0.400. The second-order valence-electron chi connectivity index (χ2n) is 6.29. The summed E-state index contributed by atoms with van der Waals surface area (Å²) in [7, 11) is 5.00. The number of nitrogens with zero attached hydrogens (tertiary/aromatic N) is 1. The van der Waals surface area contributed by atoms with E-state index in [2.05, 4.69) is 17.0 Å². The summed E-state index contributed by atoms with van der Waals surface area (Å²) >= 11 is 6.14. The van der Waals surface area contributed by atoms with Crippen LogP contribution in [0.5, 0.6) is 17.2 Å². The van der Waals surface area contributed by atoms with Gasteiger partial charge in [-0.25, -0.2) is 0 Å². The number of hydrogen-bond acceptors (Lipinski definition) is 4. The van der Waals surface area contributed by atoms with Crippen molar-refractivity contribution in [3.63, 3.8) is 0 Å². The molecule has 1 atom stereocenters. The van der Waals surface area contributed by atoms with Gasteiger partial charge >= 0.3 is 0 Å². The van der Waals surface area contributed by atoms with Crippen molar-refractivity contribution in [2.75, 3.05) is 34.4 Å². The van der Waals surface area contributed by atoms with Gasteiger partial charge in [0.05, 0.1) is 26.9 Å². The van der Waals surface area contributed by atoms with Crippen molar-refractivity contribution in [3.05, 3.63) is 52.5 Å². The predicted molar refractivity (Wildman–Crippen MR) is 100 cm³/mol. The Balaban J connectivity index is 1.77. The molecule has 1 aliphatic rings. The SMILES string of the molecule is COc1cc(OC)c(CN2CCC(c3cccc(Cl)c3)C2)c(OC)c1. The molecule has 1 fully saturated rings. The first-order chi connectivity index (χ1) is 12.1. The van der Waals surface area contributed by atoms with Gasteiger partial charge in [-0.3, -0.25) is 4.90 Å². The van der Waals surface area contributed by atoms with Crippen LogP contribution in [0, 0.1) is 0 Å². The van der Waals surface area contributed by atoms with E-state index in [0.29, 0.717) is 5.92 Å². The summed E-state index contributed by atoms with van der Waals surface area (Å²) in [5.74, 6) is 2.83. The van der Waals surface area contributed by atoms with E-state index in [1.807, 2.05) is 24.3 Å². The summed E-state index contributed by atoms with van der Waals surface area (Å²) in [4.78, 5) is 2.43. The minimum Gasteiger partial charge on any atom is -0.496 e. The molecular weight excluding hydrogens is 338 g/mol. The highest BCUT2D eigenvalue weighted by Crippen LogP contribution is 2.37. The van der Waals surface area contributed by atoms with E-state index in [1.54, 1.807) is 21.3 Å². The maximum absolute atomic E-state index is 6.14. The summed E-state index contributed by atoms with van der Waals surface area (Å²) in [5, 5.41) is 0.800. The van der Waals surface area contributed by atoms with Gasteiger partial charge in [0.2, 0.25) is 0 Å². The maximum Gasteiger partial charge on any atom is 0.130 e. The zero-order valence-electron chi connectivity index (χ0n) is 14.9. The molecule has 0 amide bonds. The van der Waals surface area contributed by atoms with E-state index in [4.69, 9.17) is 25.8 Å². The van der Waals surface area contributed by atoms with E-state index in [1.165, 1.54) is 5.56 Å². The Kier molecular flexibility index (Phi) is 5.71. The van der Waals surface area contributed by atoms with Gasteiger partial charge < -0.3 is 14.2 Å². The first-order valence-electron chi connectivity index (χ1n) is 8.41. The maximum atomic E-state index is 6.14. The van der Waals surface area contributed by atoms with E-state index in [9.17, 15) is 0 Å². The third-order valence-corrected chi connectivity index (χ3v) is 5.03. The Morgan fingerprint density at radius 2 is 1.76 bits per heavy atom. The molecule has 0 spiro atoms. The Labute approximate surface area is 154 Å². The summed E-state index contributed by atoms with van der Waals surface area (Å²) in [6.07, 6.45) is 1.13. The topological polar surface area (TPSA) is 30.9 Å². The monoisotopic (exact) mass is 361 g/mol. The molecule has 3 rings (SSSR count). The molecule has 134 valence electrons. The summed E-state index contributed by atoms with van der Waals surface area (Å²) < 4.78 is 16.5. The largest absolute Gasteiger partial charge is 0.496 e. The van der Waals surface area contributed by atoms with E-state index >= 15 is 0 Å². The molecule has 25 heavy (non-hydrogen) atoms. The van der Waals surface area contributed by atoms with Crippen LogP contribution in [0.1, 0.15) is 23.5 Å². The molecule has 0 saturated carbocycles. The van der Waals surface area contributed by atoms with Gasteiger partial charge in [-0.15, -0.1) is 0 Å². The summed E-state index contributed by atoms with van der Waals surface area (Å²) in [5.41, 5.74) is 2.36. The van der Waals surface area contributed by atoms with Crippen LogP contribution >= 0.6 is 11.6 Å². The average molecular weight is 362 g/mol. The molecule has 0 aliphatic carbocycles. The Morgan fingerprint density at radius 1 is 1.04 bits per heavy atom. The van der Waals surface area contributed by atoms with Crippen molar-refractivity contribution in [1.82, 2.24) is 4.90 Å². The van der Waals surface area contributed by atoms with Crippen LogP contribution in [0.15, 0.2) is 36.4 Å². The van der Waals surface area contributed by atoms with Crippen LogP contribution in [0.4, 0.5) is 0 Å². The van der Waals surface area contributed by atoms with Gasteiger partial charge in [0.25, 0.3) is 0 Å². The third kappa shape index (κ3) is 4.02. The summed E-state index contributed by atoms with van der Waals surface area (Å²) in [6, 6.07) is 12.0. The van der Waals surface area contributed by atoms with Crippen LogP contribution in [-0.2, 0) is 6.54 Å². The number of benzene rings is 2. The van der Waals surface area contributed by atoms with E-state index < -0.39 is 0 Å². The number of hydrogen-bond donors (Lipinski definition) is 0. The molecule has 1 unspecified atom stereocenters. The molecule has 1 aliphatic heterocycles. The van der Waals surface area contributed by atoms with Crippen LogP contribution < -0.4 is 14.2 Å². The molecule has 4 nitrogen and oxygen atoms in total. The molecule has 0 aromatic heterocycles. The number of likely N-dealkylation sites (tertiary alicyclic amines) is 1. The van der Waals surface area contributed by atoms with Crippen molar-refractivity contribution in [3.8, 4) is 17.2 Å². The third-order valence-electron chi connectivity index (χ3n) is 4.79. The lowest BCUT2D eigenvalue weighted by Crippen LogP contribution is -2.20. The smallest absolute Gasteiger partial charge is 0.130 e. The highest BCUT2D eigenvalue weighted by molar-refractivity contribution is 6.30. The van der Waals surface area contributed by atoms with Crippen LogP contribution in [-0.4, -0.2) is 39.3 Å². The zero-order chi connectivity index (χ0) is 17.8. The number of halogens is 1. The minimum absolute atomic E-state index is 0.508. The van der Waals surface area contributed by atoms with Gasteiger partial charge in [-0.2, -0.15) is 0 Å². The van der Waals surface area contributed by atoms with Crippen LogP contribution in [0.3, 0.4) is 0 Å². The second kappa shape index (κ2) is 7.98. The van der Waals surface area contributed by atoms with Gasteiger partial charge in [0, 0.05) is 30.2 Å². The quantitative estimate of drug-likeness (QED) is 0.765. The molecule has 1 heterocycles. The normalized spacial score (nSPS) is 17.5. The van der Waals surface area contributed by atoms with Crippen molar-refractivity contribution >= 4 is 11.6 Å². The Morgan fingerprint density at radius 3 is 2.36 bits per heavy atom. The number of ether oxygens (including phenoxy) is 3. The van der Waals surface area contributed by atoms with Crippen LogP contribution in [0.25, 0.3) is 0 Å². The molecular formula is C20H24ClNO3. The van der Waals surface area contributed by atoms with E-state index in [0.717, 1.165) is 53.9 Å². The number of rotatable bonds is 6. The van der Waals surface area contributed by atoms with Crippen molar-refractivity contribution in [2.24, 2.45) is 0 Å². The zero-order valence-corrected chi connectivity index (χ0v) is 15.7. The van der Waals surface area contributed by atoms with Gasteiger partial charge in [0.1, 0.15) is 17.2 Å². The first-order valence-corrected chi connectivity index (χ1v) is 8.79. The van der Waals surface area contributed by atoms with Gasteiger partial charge in [-0.05, 0) is 36.6 Å². The lowest BCUT2D eigenvalue weighted by Gasteiger charge is -2.21. The fourth-order valence-electron chi connectivity index (χ4n) is 3.47. The first kappa shape index (κ1) is 17.9.